The molecule has 0 aliphatic carbocycles. The van der Waals surface area contributed by atoms with Crippen molar-refractivity contribution in [1.29, 1.82) is 0 Å². The highest BCUT2D eigenvalue weighted by Crippen LogP contribution is 2.30. The summed E-state index contributed by atoms with van der Waals surface area (Å²) in [6, 6.07) is 4.21. The molecule has 1 saturated heterocycles. The van der Waals surface area contributed by atoms with Gasteiger partial charge in [0.15, 0.2) is 0 Å². The van der Waals surface area contributed by atoms with Crippen molar-refractivity contribution in [3.8, 4) is 10.8 Å². The summed E-state index contributed by atoms with van der Waals surface area (Å²) in [4.78, 5) is 3.50. The van der Waals surface area contributed by atoms with E-state index in [9.17, 15) is 0 Å². The Labute approximate surface area is 123 Å². The van der Waals surface area contributed by atoms with Gasteiger partial charge in [-0.15, -0.1) is 21.5 Å². The van der Waals surface area contributed by atoms with Gasteiger partial charge in [0.2, 0.25) is 5.89 Å². The zero-order valence-electron chi connectivity index (χ0n) is 12.2. The third-order valence-electron chi connectivity index (χ3n) is 3.97. The number of rotatable bonds is 3. The lowest BCUT2D eigenvalue weighted by atomic mass is 9.91. The molecule has 0 unspecified atom stereocenters. The molecule has 0 aromatic carbocycles. The fourth-order valence-electron chi connectivity index (χ4n) is 3.09. The van der Waals surface area contributed by atoms with Gasteiger partial charge in [0.25, 0.3) is 5.89 Å². The molecule has 0 spiro atoms. The van der Waals surface area contributed by atoms with Crippen LogP contribution < -0.4 is 0 Å². The molecule has 20 heavy (non-hydrogen) atoms. The highest BCUT2D eigenvalue weighted by Gasteiger charge is 2.28. The highest BCUT2D eigenvalue weighted by molar-refractivity contribution is 7.13. The summed E-state index contributed by atoms with van der Waals surface area (Å²) in [5.74, 6) is 2.84. The van der Waals surface area contributed by atoms with E-state index in [1.54, 1.807) is 11.3 Å². The van der Waals surface area contributed by atoms with E-state index in [1.807, 2.05) is 17.5 Å². The summed E-state index contributed by atoms with van der Waals surface area (Å²) in [6.45, 7) is 9.03. The average molecular weight is 291 g/mol. The first-order valence-corrected chi connectivity index (χ1v) is 8.12. The van der Waals surface area contributed by atoms with Gasteiger partial charge < -0.3 is 4.42 Å². The quantitative estimate of drug-likeness (QED) is 0.861. The minimum Gasteiger partial charge on any atom is -0.418 e. The van der Waals surface area contributed by atoms with Gasteiger partial charge in [0.1, 0.15) is 0 Å². The molecule has 3 heterocycles. The van der Waals surface area contributed by atoms with Crippen LogP contribution >= 0.6 is 11.3 Å². The number of piperidine rings is 1. The Bertz CT molecular complexity index is 541. The van der Waals surface area contributed by atoms with E-state index in [2.05, 4.69) is 35.9 Å². The number of nitrogens with zero attached hydrogens (tertiary/aromatic N) is 3. The number of hydrogen-bond acceptors (Lipinski definition) is 5. The second-order valence-corrected chi connectivity index (χ2v) is 6.95. The fraction of sp³-hybridized carbons (Fsp3) is 0.600. The number of aromatic nitrogens is 2. The Morgan fingerprint density at radius 2 is 2.05 bits per heavy atom. The summed E-state index contributed by atoms with van der Waals surface area (Å²) in [7, 11) is 0. The first kappa shape index (κ1) is 13.8. The van der Waals surface area contributed by atoms with Crippen molar-refractivity contribution in [3.63, 3.8) is 0 Å². The lowest BCUT2D eigenvalue weighted by Gasteiger charge is -2.37. The molecule has 0 saturated carbocycles. The maximum absolute atomic E-state index is 5.86. The van der Waals surface area contributed by atoms with Gasteiger partial charge in [-0.1, -0.05) is 19.9 Å². The summed E-state index contributed by atoms with van der Waals surface area (Å²) in [5.41, 5.74) is 0. The molecule has 0 radical (unpaired) electrons. The molecule has 0 amide bonds. The molecule has 4 nitrogen and oxygen atoms in total. The van der Waals surface area contributed by atoms with Crippen LogP contribution in [0.25, 0.3) is 10.8 Å². The Hall–Kier alpha value is -1.20. The van der Waals surface area contributed by atoms with Gasteiger partial charge in [-0.25, -0.2) is 0 Å². The SMILES string of the molecule is C[C@@H]1C[C@@H](C)CN([C@H](C)c2nnc(-c3cccs3)o2)C1. The van der Waals surface area contributed by atoms with Gasteiger partial charge >= 0.3 is 0 Å². The van der Waals surface area contributed by atoms with E-state index in [-0.39, 0.29) is 6.04 Å². The third-order valence-corrected chi connectivity index (χ3v) is 4.83. The van der Waals surface area contributed by atoms with Gasteiger partial charge in [0, 0.05) is 13.1 Å². The van der Waals surface area contributed by atoms with Crippen LogP contribution in [-0.4, -0.2) is 28.2 Å². The standard InChI is InChI=1S/C15H21N3OS/c1-10-7-11(2)9-18(8-10)12(3)14-16-17-15(19-14)13-5-4-6-20-13/h4-6,10-12H,7-9H2,1-3H3/t10-,11-,12-/m1/s1. The molecule has 1 fully saturated rings. The molecule has 1 aliphatic rings. The summed E-state index contributed by atoms with van der Waals surface area (Å²) in [5, 5.41) is 10.4. The van der Waals surface area contributed by atoms with Gasteiger partial charge in [-0.3, -0.25) is 4.90 Å². The molecule has 3 rings (SSSR count). The Morgan fingerprint density at radius 3 is 2.70 bits per heavy atom. The van der Waals surface area contributed by atoms with Gasteiger partial charge in [0.05, 0.1) is 10.9 Å². The average Bonchev–Trinajstić information content (AvgIpc) is 3.07. The van der Waals surface area contributed by atoms with E-state index in [0.717, 1.165) is 35.7 Å². The molecule has 108 valence electrons. The lowest BCUT2D eigenvalue weighted by molar-refractivity contribution is 0.0903. The maximum Gasteiger partial charge on any atom is 0.257 e. The monoisotopic (exact) mass is 291 g/mol. The minimum absolute atomic E-state index is 0.196. The van der Waals surface area contributed by atoms with Crippen molar-refractivity contribution >= 4 is 11.3 Å². The largest absolute Gasteiger partial charge is 0.418 e. The minimum atomic E-state index is 0.196. The number of hydrogen-bond donors (Lipinski definition) is 0. The van der Waals surface area contributed by atoms with Crippen molar-refractivity contribution < 1.29 is 4.42 Å². The van der Waals surface area contributed by atoms with Crippen LogP contribution in [0.5, 0.6) is 0 Å². The van der Waals surface area contributed by atoms with E-state index in [1.165, 1.54) is 6.42 Å². The summed E-state index contributed by atoms with van der Waals surface area (Å²) < 4.78 is 5.86. The second kappa shape index (κ2) is 5.66. The first-order chi connectivity index (χ1) is 9.63. The predicted molar refractivity (Wildman–Crippen MR) is 80.5 cm³/mol. The van der Waals surface area contributed by atoms with E-state index < -0.39 is 0 Å². The van der Waals surface area contributed by atoms with E-state index >= 15 is 0 Å². The molecule has 5 heteroatoms. The third kappa shape index (κ3) is 2.79. The van der Waals surface area contributed by atoms with E-state index in [0.29, 0.717) is 5.89 Å². The van der Waals surface area contributed by atoms with Crippen LogP contribution in [0, 0.1) is 11.8 Å². The van der Waals surface area contributed by atoms with Crippen LogP contribution in [0.4, 0.5) is 0 Å². The topological polar surface area (TPSA) is 42.2 Å². The van der Waals surface area contributed by atoms with Crippen molar-refractivity contribution in [1.82, 2.24) is 15.1 Å². The van der Waals surface area contributed by atoms with Gasteiger partial charge in [-0.2, -0.15) is 0 Å². The normalized spacial score (nSPS) is 25.8. The second-order valence-electron chi connectivity index (χ2n) is 6.00. The molecule has 1 aliphatic heterocycles. The molecular formula is C15H21N3OS. The van der Waals surface area contributed by atoms with Crippen LogP contribution in [0.15, 0.2) is 21.9 Å². The van der Waals surface area contributed by atoms with Crippen LogP contribution in [-0.2, 0) is 0 Å². The van der Waals surface area contributed by atoms with E-state index in [4.69, 9.17) is 4.42 Å². The van der Waals surface area contributed by atoms with Crippen molar-refractivity contribution in [2.75, 3.05) is 13.1 Å². The lowest BCUT2D eigenvalue weighted by Crippen LogP contribution is -2.40. The van der Waals surface area contributed by atoms with Crippen molar-refractivity contribution in [2.45, 2.75) is 33.2 Å². The zero-order chi connectivity index (χ0) is 14.1. The van der Waals surface area contributed by atoms with Crippen LogP contribution in [0.1, 0.15) is 39.1 Å². The molecule has 2 aromatic heterocycles. The van der Waals surface area contributed by atoms with Crippen molar-refractivity contribution in [2.24, 2.45) is 11.8 Å². The number of likely N-dealkylation sites (tertiary alicyclic amines) is 1. The van der Waals surface area contributed by atoms with Gasteiger partial charge in [-0.05, 0) is 36.6 Å². The molecular weight excluding hydrogens is 270 g/mol. The molecule has 0 bridgehead atoms. The molecule has 2 aromatic rings. The Balaban J connectivity index is 1.75. The van der Waals surface area contributed by atoms with Crippen LogP contribution in [0.3, 0.4) is 0 Å². The molecule has 0 N–H and O–H groups in total. The van der Waals surface area contributed by atoms with Crippen LogP contribution in [0.2, 0.25) is 0 Å². The Kier molecular flexibility index (Phi) is 3.89. The zero-order valence-corrected chi connectivity index (χ0v) is 13.1. The predicted octanol–water partition coefficient (Wildman–Crippen LogP) is 3.84. The fourth-order valence-corrected chi connectivity index (χ4v) is 3.73. The summed E-state index contributed by atoms with van der Waals surface area (Å²) in [6.07, 6.45) is 1.31. The van der Waals surface area contributed by atoms with Crippen molar-refractivity contribution in [3.05, 3.63) is 23.4 Å². The summed E-state index contributed by atoms with van der Waals surface area (Å²) >= 11 is 1.63. The first-order valence-electron chi connectivity index (χ1n) is 7.25. The Morgan fingerprint density at radius 1 is 1.30 bits per heavy atom. The maximum atomic E-state index is 5.86. The smallest absolute Gasteiger partial charge is 0.257 e. The molecule has 3 atom stereocenters. The highest BCUT2D eigenvalue weighted by atomic mass is 32.1. The number of thiophene rings is 1.